The Morgan fingerprint density at radius 2 is 1.95 bits per heavy atom. The normalized spacial score (nSPS) is 14.0. The Morgan fingerprint density at radius 1 is 1.24 bits per heavy atom. The third kappa shape index (κ3) is 5.50. The fourth-order valence-corrected chi connectivity index (χ4v) is 2.78. The first-order valence-corrected chi connectivity index (χ1v) is 8.11. The highest BCUT2D eigenvalue weighted by Gasteiger charge is 2.32. The van der Waals surface area contributed by atoms with Gasteiger partial charge in [-0.2, -0.15) is 0 Å². The van der Waals surface area contributed by atoms with Crippen molar-refractivity contribution in [1.82, 2.24) is 4.90 Å². The van der Waals surface area contributed by atoms with E-state index in [2.05, 4.69) is 15.9 Å². The second-order valence-corrected chi connectivity index (χ2v) is 6.40. The van der Waals surface area contributed by atoms with Crippen LogP contribution >= 0.6 is 15.9 Å². The van der Waals surface area contributed by atoms with Crippen molar-refractivity contribution in [2.24, 2.45) is 0 Å². The molecular weight excluding hydrogens is 334 g/mol. The van der Waals surface area contributed by atoms with Crippen molar-refractivity contribution in [1.29, 1.82) is 0 Å². The average molecular weight is 354 g/mol. The Kier molecular flexibility index (Phi) is 5.79. The molecule has 1 amide bonds. The van der Waals surface area contributed by atoms with E-state index in [-0.39, 0.29) is 12.3 Å². The van der Waals surface area contributed by atoms with Crippen LogP contribution < -0.4 is 0 Å². The van der Waals surface area contributed by atoms with E-state index in [1.807, 2.05) is 29.2 Å². The minimum atomic E-state index is -0.796. The third-order valence-corrected chi connectivity index (χ3v) is 4.07. The maximum absolute atomic E-state index is 12.3. The molecule has 1 fully saturated rings. The highest BCUT2D eigenvalue weighted by atomic mass is 79.9. The lowest BCUT2D eigenvalue weighted by Crippen LogP contribution is -2.32. The molecular formula is C16H20BrNO3. The molecule has 1 aliphatic carbocycles. The maximum atomic E-state index is 12.3. The lowest BCUT2D eigenvalue weighted by atomic mass is 10.1. The highest BCUT2D eigenvalue weighted by Crippen LogP contribution is 2.29. The first-order chi connectivity index (χ1) is 10.1. The monoisotopic (exact) mass is 353 g/mol. The molecule has 4 nitrogen and oxygen atoms in total. The molecule has 1 aliphatic rings. The smallest absolute Gasteiger partial charge is 0.303 e. The predicted molar refractivity (Wildman–Crippen MR) is 83.8 cm³/mol. The summed E-state index contributed by atoms with van der Waals surface area (Å²) in [5, 5.41) is 8.61. The summed E-state index contributed by atoms with van der Waals surface area (Å²) < 4.78 is 1.02. The Bertz CT molecular complexity index is 514. The number of carboxylic acids is 1. The van der Waals surface area contributed by atoms with Crippen molar-refractivity contribution in [2.45, 2.75) is 51.1 Å². The molecule has 0 aliphatic heterocycles. The molecule has 0 spiro atoms. The molecule has 114 valence electrons. The van der Waals surface area contributed by atoms with Crippen LogP contribution in [0.25, 0.3) is 0 Å². The molecule has 2 rings (SSSR count). The van der Waals surface area contributed by atoms with E-state index in [4.69, 9.17) is 5.11 Å². The summed E-state index contributed by atoms with van der Waals surface area (Å²) in [6.07, 6.45) is 3.95. The highest BCUT2D eigenvalue weighted by molar-refractivity contribution is 9.10. The van der Waals surface area contributed by atoms with Gasteiger partial charge in [-0.25, -0.2) is 0 Å². The van der Waals surface area contributed by atoms with Crippen LogP contribution in [0, 0.1) is 0 Å². The number of halogens is 1. The van der Waals surface area contributed by atoms with Crippen LogP contribution in [0.5, 0.6) is 0 Å². The van der Waals surface area contributed by atoms with Crippen LogP contribution in [0.3, 0.4) is 0 Å². The van der Waals surface area contributed by atoms with E-state index in [0.717, 1.165) is 22.9 Å². The molecule has 1 aromatic carbocycles. The largest absolute Gasteiger partial charge is 0.481 e. The summed E-state index contributed by atoms with van der Waals surface area (Å²) in [6, 6.07) is 8.38. The van der Waals surface area contributed by atoms with Gasteiger partial charge in [0.05, 0.1) is 0 Å². The molecule has 1 aromatic rings. The number of unbranched alkanes of at least 4 members (excludes halogenated alkanes) is 1. The van der Waals surface area contributed by atoms with Crippen molar-refractivity contribution in [3.63, 3.8) is 0 Å². The Hall–Kier alpha value is -1.36. The number of nitrogens with zero attached hydrogens (tertiary/aromatic N) is 1. The molecule has 21 heavy (non-hydrogen) atoms. The van der Waals surface area contributed by atoms with E-state index >= 15 is 0 Å². The standard InChI is InChI=1S/C16H20BrNO3/c17-13-5-3-4-12(10-13)11-18(14-8-9-14)15(19)6-1-2-7-16(20)21/h3-5,10,14H,1-2,6-9,11H2,(H,20,21). The summed E-state index contributed by atoms with van der Waals surface area (Å²) in [5.41, 5.74) is 1.12. The van der Waals surface area contributed by atoms with Crippen molar-refractivity contribution >= 4 is 27.8 Å². The van der Waals surface area contributed by atoms with E-state index in [1.165, 1.54) is 0 Å². The summed E-state index contributed by atoms with van der Waals surface area (Å²) in [7, 11) is 0. The quantitative estimate of drug-likeness (QED) is 0.726. The summed E-state index contributed by atoms with van der Waals surface area (Å²) >= 11 is 3.45. The number of benzene rings is 1. The van der Waals surface area contributed by atoms with E-state index in [9.17, 15) is 9.59 Å². The van der Waals surface area contributed by atoms with Crippen LogP contribution in [0.1, 0.15) is 44.1 Å². The van der Waals surface area contributed by atoms with Gasteiger partial charge < -0.3 is 10.0 Å². The number of rotatable bonds is 8. The number of hydrogen-bond donors (Lipinski definition) is 1. The van der Waals surface area contributed by atoms with Gasteiger partial charge in [-0.05, 0) is 43.4 Å². The summed E-state index contributed by atoms with van der Waals surface area (Å²) in [4.78, 5) is 24.7. The topological polar surface area (TPSA) is 57.6 Å². The van der Waals surface area contributed by atoms with Gasteiger partial charge in [0, 0.05) is 29.9 Å². The number of aliphatic carboxylic acids is 1. The molecule has 0 atom stereocenters. The molecule has 0 unspecified atom stereocenters. The number of carbonyl (C=O) groups is 2. The first-order valence-electron chi connectivity index (χ1n) is 7.32. The lowest BCUT2D eigenvalue weighted by Gasteiger charge is -2.22. The van der Waals surface area contributed by atoms with Crippen molar-refractivity contribution < 1.29 is 14.7 Å². The van der Waals surface area contributed by atoms with Crippen molar-refractivity contribution in [2.75, 3.05) is 0 Å². The van der Waals surface area contributed by atoms with Gasteiger partial charge in [0.1, 0.15) is 0 Å². The molecule has 0 radical (unpaired) electrons. The lowest BCUT2D eigenvalue weighted by molar-refractivity contribution is -0.137. The van der Waals surface area contributed by atoms with Gasteiger partial charge in [0.25, 0.3) is 0 Å². The van der Waals surface area contributed by atoms with Crippen molar-refractivity contribution in [3.05, 3.63) is 34.3 Å². The SMILES string of the molecule is O=C(O)CCCCC(=O)N(Cc1cccc(Br)c1)C1CC1. The van der Waals surface area contributed by atoms with Crippen molar-refractivity contribution in [3.8, 4) is 0 Å². The molecule has 0 aromatic heterocycles. The fraction of sp³-hybridized carbons (Fsp3) is 0.500. The number of hydrogen-bond acceptors (Lipinski definition) is 2. The van der Waals surface area contributed by atoms with Crippen LogP contribution in [0.2, 0.25) is 0 Å². The predicted octanol–water partition coefficient (Wildman–Crippen LogP) is 3.59. The van der Waals surface area contributed by atoms with Gasteiger partial charge in [-0.15, -0.1) is 0 Å². The third-order valence-electron chi connectivity index (χ3n) is 3.58. The van der Waals surface area contributed by atoms with Gasteiger partial charge in [-0.1, -0.05) is 28.1 Å². The fourth-order valence-electron chi connectivity index (χ4n) is 2.34. The van der Waals surface area contributed by atoms with E-state index < -0.39 is 5.97 Å². The molecule has 1 N–H and O–H groups in total. The second-order valence-electron chi connectivity index (χ2n) is 5.48. The number of amides is 1. The maximum Gasteiger partial charge on any atom is 0.303 e. The molecule has 0 saturated heterocycles. The zero-order valence-electron chi connectivity index (χ0n) is 11.9. The minimum Gasteiger partial charge on any atom is -0.481 e. The average Bonchev–Trinajstić information content (AvgIpc) is 3.25. The Morgan fingerprint density at radius 3 is 2.57 bits per heavy atom. The van der Waals surface area contributed by atoms with Crippen LogP contribution in [0.4, 0.5) is 0 Å². The Labute approximate surface area is 133 Å². The first kappa shape index (κ1) is 16.0. The Balaban J connectivity index is 1.86. The molecule has 5 heteroatoms. The molecule has 0 bridgehead atoms. The zero-order valence-corrected chi connectivity index (χ0v) is 13.5. The van der Waals surface area contributed by atoms with Crippen LogP contribution in [-0.2, 0) is 16.1 Å². The van der Waals surface area contributed by atoms with Gasteiger partial charge in [0.2, 0.25) is 5.91 Å². The van der Waals surface area contributed by atoms with E-state index in [1.54, 1.807) is 0 Å². The van der Waals surface area contributed by atoms with Gasteiger partial charge >= 0.3 is 5.97 Å². The number of carboxylic acid groups (broad SMARTS) is 1. The molecule has 1 saturated carbocycles. The molecule has 0 heterocycles. The van der Waals surface area contributed by atoms with Crippen LogP contribution in [-0.4, -0.2) is 27.9 Å². The van der Waals surface area contributed by atoms with Gasteiger partial charge in [-0.3, -0.25) is 9.59 Å². The summed E-state index contributed by atoms with van der Waals surface area (Å²) in [6.45, 7) is 0.641. The zero-order chi connectivity index (χ0) is 15.2. The van der Waals surface area contributed by atoms with Gasteiger partial charge in [0.15, 0.2) is 0 Å². The second kappa shape index (κ2) is 7.59. The van der Waals surface area contributed by atoms with Crippen LogP contribution in [0.15, 0.2) is 28.7 Å². The number of carbonyl (C=O) groups excluding carboxylic acids is 1. The summed E-state index contributed by atoms with van der Waals surface area (Å²) in [5.74, 6) is -0.654. The minimum absolute atomic E-state index is 0.141. The van der Waals surface area contributed by atoms with E-state index in [0.29, 0.717) is 31.8 Å².